The third-order valence-electron chi connectivity index (χ3n) is 6.04. The van der Waals surface area contributed by atoms with E-state index >= 15 is 0 Å². The number of carbonyl (C=O) groups is 2. The van der Waals surface area contributed by atoms with E-state index in [1.165, 1.54) is 12.1 Å². The van der Waals surface area contributed by atoms with Crippen molar-refractivity contribution in [2.75, 3.05) is 6.54 Å². The van der Waals surface area contributed by atoms with Crippen molar-refractivity contribution in [2.45, 2.75) is 30.2 Å². The number of nitrogens with zero attached hydrogens (tertiary/aromatic N) is 1. The van der Waals surface area contributed by atoms with Crippen LogP contribution in [-0.4, -0.2) is 31.7 Å². The maximum absolute atomic E-state index is 12.9. The first-order valence-electron chi connectivity index (χ1n) is 10.5. The van der Waals surface area contributed by atoms with Crippen LogP contribution in [0.3, 0.4) is 0 Å². The first-order chi connectivity index (χ1) is 15.3. The van der Waals surface area contributed by atoms with Gasteiger partial charge in [0.25, 0.3) is 0 Å². The largest absolute Gasteiger partial charge is 0.379 e. The topological polar surface area (TPSA) is 107 Å². The van der Waals surface area contributed by atoms with Crippen molar-refractivity contribution < 1.29 is 22.2 Å². The van der Waals surface area contributed by atoms with Crippen LogP contribution in [0.4, 0.5) is 0 Å². The lowest BCUT2D eigenvalue weighted by atomic mass is 9.91. The van der Waals surface area contributed by atoms with Crippen molar-refractivity contribution in [2.24, 2.45) is 11.7 Å². The molecule has 5 rings (SSSR count). The van der Waals surface area contributed by atoms with Crippen LogP contribution >= 0.6 is 0 Å². The molecule has 1 atom stereocenters. The predicted molar refractivity (Wildman–Crippen MR) is 118 cm³/mol. The van der Waals surface area contributed by atoms with E-state index in [4.69, 9.17) is 9.92 Å². The number of carbonyl (C=O) groups excluding carboxylic acids is 2. The van der Waals surface area contributed by atoms with Gasteiger partial charge in [-0.25, -0.2) is 0 Å². The van der Waals surface area contributed by atoms with Crippen molar-refractivity contribution in [3.63, 3.8) is 0 Å². The summed E-state index contributed by atoms with van der Waals surface area (Å²) in [5.41, 5.74) is 7.00. The number of primary amides is 1. The van der Waals surface area contributed by atoms with Crippen LogP contribution < -0.4 is 9.92 Å². The Morgan fingerprint density at radius 3 is 2.44 bits per heavy atom. The lowest BCUT2D eigenvalue weighted by Crippen LogP contribution is -2.46. The van der Waals surface area contributed by atoms with E-state index in [1.807, 2.05) is 24.3 Å². The molecule has 2 amide bonds. The summed E-state index contributed by atoms with van der Waals surface area (Å²) >= 11 is 0. The van der Waals surface area contributed by atoms with E-state index in [0.29, 0.717) is 18.5 Å². The molecule has 1 heterocycles. The Labute approximate surface area is 185 Å². The standard InChI is InChI=1S/C24H22N2O5S/c25-23(27)22-21-10-8-19(13-18(21)11-12-26(22)24(28)16-5-6-16)31-32(29,30)20-9-7-15-3-1-2-4-17(15)14-20/h1-4,7-10,13-14,16,22H,5-6,11-12H2,(H2,25,27). The van der Waals surface area contributed by atoms with Gasteiger partial charge >= 0.3 is 10.1 Å². The maximum atomic E-state index is 12.9. The molecular weight excluding hydrogens is 428 g/mol. The minimum Gasteiger partial charge on any atom is -0.379 e. The minimum absolute atomic E-state index is 0.0203. The molecule has 164 valence electrons. The van der Waals surface area contributed by atoms with E-state index in [1.54, 1.807) is 29.2 Å². The third-order valence-corrected chi connectivity index (χ3v) is 7.28. The quantitative estimate of drug-likeness (QED) is 0.602. The highest BCUT2D eigenvalue weighted by Crippen LogP contribution is 2.38. The van der Waals surface area contributed by atoms with E-state index in [9.17, 15) is 18.0 Å². The molecule has 1 fully saturated rings. The van der Waals surface area contributed by atoms with Crippen LogP contribution in [0, 0.1) is 5.92 Å². The lowest BCUT2D eigenvalue weighted by Gasteiger charge is -2.35. The molecule has 0 bridgehead atoms. The molecule has 2 N–H and O–H groups in total. The zero-order chi connectivity index (χ0) is 22.5. The van der Waals surface area contributed by atoms with E-state index in [2.05, 4.69) is 0 Å². The summed E-state index contributed by atoms with van der Waals surface area (Å²) in [6.07, 6.45) is 2.17. The van der Waals surface area contributed by atoms with Crippen LogP contribution in [0.15, 0.2) is 65.6 Å². The Morgan fingerprint density at radius 1 is 0.969 bits per heavy atom. The second kappa shape index (κ2) is 7.63. The van der Waals surface area contributed by atoms with Crippen LogP contribution in [0.2, 0.25) is 0 Å². The summed E-state index contributed by atoms with van der Waals surface area (Å²) in [6, 6.07) is 16.2. The molecule has 8 heteroatoms. The second-order valence-electron chi connectivity index (χ2n) is 8.27. The number of hydrogen-bond acceptors (Lipinski definition) is 5. The fraction of sp³-hybridized carbons (Fsp3) is 0.250. The van der Waals surface area contributed by atoms with Gasteiger partial charge in [-0.2, -0.15) is 8.42 Å². The maximum Gasteiger partial charge on any atom is 0.339 e. The van der Waals surface area contributed by atoms with E-state index < -0.39 is 22.1 Å². The summed E-state index contributed by atoms with van der Waals surface area (Å²) in [7, 11) is -4.04. The molecule has 3 aromatic rings. The monoisotopic (exact) mass is 450 g/mol. The highest BCUT2D eigenvalue weighted by Gasteiger charge is 2.41. The smallest absolute Gasteiger partial charge is 0.339 e. The van der Waals surface area contributed by atoms with Gasteiger partial charge in [0.2, 0.25) is 11.8 Å². The van der Waals surface area contributed by atoms with Crippen LogP contribution in [0.1, 0.15) is 30.0 Å². The lowest BCUT2D eigenvalue weighted by molar-refractivity contribution is -0.141. The summed E-state index contributed by atoms with van der Waals surface area (Å²) in [5.74, 6) is -0.508. The highest BCUT2D eigenvalue weighted by atomic mass is 32.2. The van der Waals surface area contributed by atoms with Gasteiger partial charge in [0.1, 0.15) is 16.7 Å². The van der Waals surface area contributed by atoms with Gasteiger partial charge in [-0.05, 0) is 65.4 Å². The molecule has 32 heavy (non-hydrogen) atoms. The van der Waals surface area contributed by atoms with Crippen LogP contribution in [0.5, 0.6) is 5.75 Å². The first kappa shape index (κ1) is 20.5. The molecule has 1 saturated carbocycles. The molecule has 3 aromatic carbocycles. The van der Waals surface area contributed by atoms with Gasteiger partial charge in [-0.1, -0.05) is 36.4 Å². The second-order valence-corrected chi connectivity index (χ2v) is 9.81. The first-order valence-corrected chi connectivity index (χ1v) is 11.9. The Bertz CT molecular complexity index is 1350. The zero-order valence-electron chi connectivity index (χ0n) is 17.2. The Balaban J connectivity index is 1.43. The molecule has 1 aliphatic carbocycles. The average molecular weight is 451 g/mol. The average Bonchev–Trinajstić information content (AvgIpc) is 3.62. The fourth-order valence-corrected chi connectivity index (χ4v) is 5.22. The summed E-state index contributed by atoms with van der Waals surface area (Å²) in [4.78, 5) is 26.4. The van der Waals surface area contributed by atoms with Gasteiger partial charge in [0, 0.05) is 12.5 Å². The number of hydrogen-bond donors (Lipinski definition) is 1. The Kier molecular flexibility index (Phi) is 4.89. The minimum atomic E-state index is -4.04. The predicted octanol–water partition coefficient (Wildman–Crippen LogP) is 2.93. The van der Waals surface area contributed by atoms with Crippen molar-refractivity contribution >= 4 is 32.7 Å². The zero-order valence-corrected chi connectivity index (χ0v) is 18.0. The highest BCUT2D eigenvalue weighted by molar-refractivity contribution is 7.87. The molecule has 1 aliphatic heterocycles. The third kappa shape index (κ3) is 3.71. The Hall–Kier alpha value is -3.39. The molecule has 2 aliphatic rings. The number of benzene rings is 3. The number of amides is 2. The van der Waals surface area contributed by atoms with Gasteiger partial charge in [-0.3, -0.25) is 9.59 Å². The SMILES string of the molecule is NC(=O)C1c2ccc(OS(=O)(=O)c3ccc4ccccc4c3)cc2CCN1C(=O)C1CC1. The van der Waals surface area contributed by atoms with Gasteiger partial charge in [-0.15, -0.1) is 0 Å². The van der Waals surface area contributed by atoms with Crippen molar-refractivity contribution in [3.8, 4) is 5.75 Å². The van der Waals surface area contributed by atoms with Gasteiger partial charge < -0.3 is 14.8 Å². The van der Waals surface area contributed by atoms with Crippen molar-refractivity contribution in [3.05, 3.63) is 71.8 Å². The van der Waals surface area contributed by atoms with Crippen LogP contribution in [0.25, 0.3) is 10.8 Å². The number of fused-ring (bicyclic) bond motifs is 2. The van der Waals surface area contributed by atoms with Gasteiger partial charge in [0.15, 0.2) is 0 Å². The molecule has 0 saturated heterocycles. The Morgan fingerprint density at radius 2 is 1.72 bits per heavy atom. The van der Waals surface area contributed by atoms with Crippen molar-refractivity contribution in [1.29, 1.82) is 0 Å². The van der Waals surface area contributed by atoms with Crippen molar-refractivity contribution in [1.82, 2.24) is 4.90 Å². The molecular formula is C24H22N2O5S. The molecule has 0 aromatic heterocycles. The summed E-state index contributed by atoms with van der Waals surface area (Å²) in [5, 5.41) is 1.73. The molecule has 7 nitrogen and oxygen atoms in total. The molecule has 1 unspecified atom stereocenters. The number of nitrogens with two attached hydrogens (primary N) is 1. The molecule has 0 radical (unpaired) electrons. The van der Waals surface area contributed by atoms with Crippen LogP contribution in [-0.2, 0) is 26.1 Å². The number of rotatable bonds is 5. The van der Waals surface area contributed by atoms with E-state index in [-0.39, 0.29) is 22.5 Å². The normalized spacial score (nSPS) is 18.2. The summed E-state index contributed by atoms with van der Waals surface area (Å²) in [6.45, 7) is 0.358. The molecule has 0 spiro atoms. The van der Waals surface area contributed by atoms with E-state index in [0.717, 1.165) is 29.2 Å². The fourth-order valence-electron chi connectivity index (χ4n) is 4.26. The summed E-state index contributed by atoms with van der Waals surface area (Å²) < 4.78 is 31.1. The van der Waals surface area contributed by atoms with Gasteiger partial charge in [0.05, 0.1) is 0 Å².